The van der Waals surface area contributed by atoms with E-state index in [0.29, 0.717) is 24.2 Å². The molecule has 3 aromatic rings. The van der Waals surface area contributed by atoms with E-state index >= 15 is 0 Å². The molecule has 1 aliphatic rings. The molecule has 0 radical (unpaired) electrons. The Hall–Kier alpha value is -3.82. The number of carbonyl (C=O) groups is 2. The van der Waals surface area contributed by atoms with Crippen LogP contribution in [0.25, 0.3) is 0 Å². The van der Waals surface area contributed by atoms with Gasteiger partial charge in [0.1, 0.15) is 17.4 Å². The lowest BCUT2D eigenvalue weighted by molar-refractivity contribution is 0.0764. The van der Waals surface area contributed by atoms with Crippen molar-refractivity contribution >= 4 is 11.8 Å². The molecule has 1 aliphatic carbocycles. The summed E-state index contributed by atoms with van der Waals surface area (Å²) in [5.74, 6) is -1.32. The summed E-state index contributed by atoms with van der Waals surface area (Å²) >= 11 is 0. The highest BCUT2D eigenvalue weighted by Gasteiger charge is 2.27. The average molecular weight is 608 g/mol. The highest BCUT2D eigenvalue weighted by Crippen LogP contribution is 2.32. The van der Waals surface area contributed by atoms with E-state index in [0.717, 1.165) is 48.6 Å². The van der Waals surface area contributed by atoms with Crippen LogP contribution in [0.15, 0.2) is 54.6 Å². The Kier molecular flexibility index (Phi) is 11.5. The summed E-state index contributed by atoms with van der Waals surface area (Å²) in [6.07, 6.45) is 2.52. The van der Waals surface area contributed by atoms with Gasteiger partial charge in [-0.1, -0.05) is 13.0 Å². The van der Waals surface area contributed by atoms with Crippen molar-refractivity contribution < 1.29 is 28.2 Å². The van der Waals surface area contributed by atoms with Crippen molar-refractivity contribution in [3.8, 4) is 5.75 Å². The molecule has 0 saturated carbocycles. The number of methoxy groups -OCH3 is 1. The van der Waals surface area contributed by atoms with Gasteiger partial charge >= 0.3 is 0 Å². The number of carbonyl (C=O) groups excluding carboxylic acids is 2. The molecule has 0 bridgehead atoms. The summed E-state index contributed by atoms with van der Waals surface area (Å²) in [4.78, 5) is 28.5. The topological polar surface area (TPSA) is 90.9 Å². The van der Waals surface area contributed by atoms with Gasteiger partial charge in [0.05, 0.1) is 19.3 Å². The van der Waals surface area contributed by atoms with Crippen molar-refractivity contribution in [2.45, 2.75) is 71.1 Å². The zero-order valence-corrected chi connectivity index (χ0v) is 26.0. The highest BCUT2D eigenvalue weighted by molar-refractivity contribution is 6.00. The number of hydrogen-bond acceptors (Lipinski definition) is 5. The van der Waals surface area contributed by atoms with Gasteiger partial charge in [0.2, 0.25) is 0 Å². The smallest absolute Gasteiger partial charge is 0.253 e. The Bertz CT molecular complexity index is 1440. The molecule has 0 heterocycles. The number of benzene rings is 3. The number of rotatable bonds is 13. The van der Waals surface area contributed by atoms with E-state index in [-0.39, 0.29) is 30.5 Å². The molecule has 3 aromatic carbocycles. The van der Waals surface area contributed by atoms with Crippen LogP contribution in [-0.4, -0.2) is 60.7 Å². The average Bonchev–Trinajstić information content (AvgIpc) is 3.00. The third-order valence-corrected chi connectivity index (χ3v) is 8.15. The standard InChI is InChI=1S/C35H43F2N3O4/c1-5-12-40(6-2)35(43)26-14-22(3)13-25(18-26)34(42)39-32(17-23-15-27(36)20-28(37)16-23)33(41)21-38-31-9-7-8-24-19-29(44-4)10-11-30(24)31/h10-11,13-16,18-20,31-33,38,41H,5-9,12,17,21H2,1-4H3,(H,39,42)/t31-,32?,33?/m1/s1. The van der Waals surface area contributed by atoms with E-state index in [1.54, 1.807) is 30.2 Å². The minimum atomic E-state index is -1.08. The van der Waals surface area contributed by atoms with Crippen LogP contribution in [-0.2, 0) is 12.8 Å². The minimum Gasteiger partial charge on any atom is -0.497 e. The molecule has 4 rings (SSSR count). The van der Waals surface area contributed by atoms with Gasteiger partial charge in [0.25, 0.3) is 11.8 Å². The molecule has 3 N–H and O–H groups in total. The van der Waals surface area contributed by atoms with Gasteiger partial charge in [-0.25, -0.2) is 8.78 Å². The number of aliphatic hydroxyl groups excluding tert-OH is 1. The maximum atomic E-state index is 14.1. The maximum Gasteiger partial charge on any atom is 0.253 e. The summed E-state index contributed by atoms with van der Waals surface area (Å²) < 4.78 is 33.5. The molecular weight excluding hydrogens is 564 g/mol. The molecule has 236 valence electrons. The van der Waals surface area contributed by atoms with Gasteiger partial charge in [0.15, 0.2) is 0 Å². The van der Waals surface area contributed by atoms with E-state index in [1.807, 2.05) is 39.0 Å². The van der Waals surface area contributed by atoms with Crippen LogP contribution in [0.1, 0.15) is 82.1 Å². The maximum absolute atomic E-state index is 14.1. The normalized spacial score (nSPS) is 15.7. The Morgan fingerprint density at radius 2 is 1.77 bits per heavy atom. The molecule has 3 atom stereocenters. The fourth-order valence-electron chi connectivity index (χ4n) is 5.95. The number of fused-ring (bicyclic) bond motifs is 1. The molecule has 7 nitrogen and oxygen atoms in total. The quantitative estimate of drug-likeness (QED) is 0.238. The first-order valence-electron chi connectivity index (χ1n) is 15.4. The SMILES string of the molecule is CCCN(CC)C(=O)c1cc(C)cc(C(=O)NC(Cc2cc(F)cc(F)c2)C(O)CN[C@@H]2CCCc3cc(OC)ccc32)c1. The molecular formula is C35H43F2N3O4. The predicted molar refractivity (Wildman–Crippen MR) is 167 cm³/mol. The van der Waals surface area contributed by atoms with Crippen LogP contribution in [0.4, 0.5) is 8.78 Å². The highest BCUT2D eigenvalue weighted by atomic mass is 19.1. The summed E-state index contributed by atoms with van der Waals surface area (Å²) in [6, 6.07) is 13.3. The largest absolute Gasteiger partial charge is 0.497 e. The fraction of sp³-hybridized carbons (Fsp3) is 0.429. The second kappa shape index (κ2) is 15.3. The molecule has 0 aromatic heterocycles. The second-order valence-corrected chi connectivity index (χ2v) is 11.5. The number of amides is 2. The van der Waals surface area contributed by atoms with Crippen molar-refractivity contribution in [2.75, 3.05) is 26.7 Å². The zero-order valence-electron chi connectivity index (χ0n) is 26.0. The minimum absolute atomic E-state index is 0.000560. The van der Waals surface area contributed by atoms with Gasteiger partial charge in [-0.05, 0) is 111 Å². The predicted octanol–water partition coefficient (Wildman–Crippen LogP) is 5.52. The van der Waals surface area contributed by atoms with Crippen molar-refractivity contribution in [3.63, 3.8) is 0 Å². The van der Waals surface area contributed by atoms with E-state index in [2.05, 4.69) is 10.6 Å². The van der Waals surface area contributed by atoms with Crippen LogP contribution in [0, 0.1) is 18.6 Å². The van der Waals surface area contributed by atoms with Gasteiger partial charge in [-0.15, -0.1) is 0 Å². The third kappa shape index (κ3) is 8.42. The number of aliphatic hydroxyl groups is 1. The Morgan fingerprint density at radius 3 is 2.45 bits per heavy atom. The lowest BCUT2D eigenvalue weighted by Crippen LogP contribution is -2.49. The first-order chi connectivity index (χ1) is 21.1. The Morgan fingerprint density at radius 1 is 1.05 bits per heavy atom. The number of aryl methyl sites for hydroxylation is 2. The number of nitrogens with zero attached hydrogens (tertiary/aromatic N) is 1. The van der Waals surface area contributed by atoms with Gasteiger partial charge < -0.3 is 25.4 Å². The summed E-state index contributed by atoms with van der Waals surface area (Å²) in [5.41, 5.74) is 4.05. The molecule has 44 heavy (non-hydrogen) atoms. The fourth-order valence-corrected chi connectivity index (χ4v) is 5.95. The summed E-state index contributed by atoms with van der Waals surface area (Å²) in [7, 11) is 1.64. The van der Waals surface area contributed by atoms with Crippen molar-refractivity contribution in [3.05, 3.63) is 99.6 Å². The number of ether oxygens (including phenoxy) is 1. The Balaban J connectivity index is 1.55. The summed E-state index contributed by atoms with van der Waals surface area (Å²) in [6.45, 7) is 7.02. The number of nitrogens with one attached hydrogen (secondary N) is 2. The molecule has 0 saturated heterocycles. The van der Waals surface area contributed by atoms with Crippen molar-refractivity contribution in [1.82, 2.24) is 15.5 Å². The van der Waals surface area contributed by atoms with E-state index in [9.17, 15) is 23.5 Å². The van der Waals surface area contributed by atoms with E-state index in [4.69, 9.17) is 4.74 Å². The first kappa shape index (κ1) is 33.1. The molecule has 2 unspecified atom stereocenters. The van der Waals surface area contributed by atoms with Crippen LogP contribution >= 0.6 is 0 Å². The van der Waals surface area contributed by atoms with Crippen LogP contribution < -0.4 is 15.4 Å². The van der Waals surface area contributed by atoms with Gasteiger partial charge in [-0.3, -0.25) is 9.59 Å². The molecule has 2 amide bonds. The molecule has 0 spiro atoms. The zero-order chi connectivity index (χ0) is 31.8. The van der Waals surface area contributed by atoms with Crippen LogP contribution in [0.3, 0.4) is 0 Å². The molecule has 0 aliphatic heterocycles. The third-order valence-electron chi connectivity index (χ3n) is 8.15. The van der Waals surface area contributed by atoms with Crippen molar-refractivity contribution in [2.24, 2.45) is 0 Å². The Labute approximate surface area is 258 Å². The monoisotopic (exact) mass is 607 g/mol. The summed E-state index contributed by atoms with van der Waals surface area (Å²) in [5, 5.41) is 17.7. The lowest BCUT2D eigenvalue weighted by atomic mass is 9.87. The second-order valence-electron chi connectivity index (χ2n) is 11.5. The molecule has 0 fully saturated rings. The van der Waals surface area contributed by atoms with Gasteiger partial charge in [0, 0.05) is 42.9 Å². The number of halogens is 2. The number of hydrogen-bond donors (Lipinski definition) is 3. The van der Waals surface area contributed by atoms with Crippen LogP contribution in [0.5, 0.6) is 5.75 Å². The van der Waals surface area contributed by atoms with Crippen molar-refractivity contribution in [1.29, 1.82) is 0 Å². The van der Waals surface area contributed by atoms with E-state index < -0.39 is 29.7 Å². The van der Waals surface area contributed by atoms with E-state index in [1.165, 1.54) is 17.7 Å². The molecule has 9 heteroatoms. The lowest BCUT2D eigenvalue weighted by Gasteiger charge is -2.30. The van der Waals surface area contributed by atoms with Crippen LogP contribution in [0.2, 0.25) is 0 Å². The van der Waals surface area contributed by atoms with Gasteiger partial charge in [-0.2, -0.15) is 0 Å². The first-order valence-corrected chi connectivity index (χ1v) is 15.4.